The standard InChI is InChI=1S/C12H18O2/c1-2-3-4-5-6-7-9-12(14)10-8-11-13/h6-11,14H,2-5H2,1H3. The molecule has 0 aliphatic rings. The Kier molecular flexibility index (Phi) is 8.86. The molecular weight excluding hydrogens is 176 g/mol. The molecule has 0 rings (SSSR count). The van der Waals surface area contributed by atoms with Crippen molar-refractivity contribution in [3.8, 4) is 0 Å². The Bertz CT molecular complexity index is 224. The van der Waals surface area contributed by atoms with Crippen molar-refractivity contribution in [2.24, 2.45) is 0 Å². The fourth-order valence-electron chi connectivity index (χ4n) is 0.968. The zero-order valence-corrected chi connectivity index (χ0v) is 8.65. The minimum atomic E-state index is 0.101. The predicted octanol–water partition coefficient (Wildman–Crippen LogP) is 3.32. The monoisotopic (exact) mass is 194 g/mol. The summed E-state index contributed by atoms with van der Waals surface area (Å²) in [5.74, 6) is 0.101. The lowest BCUT2D eigenvalue weighted by molar-refractivity contribution is -0.104. The van der Waals surface area contributed by atoms with Gasteiger partial charge in [-0.3, -0.25) is 4.79 Å². The van der Waals surface area contributed by atoms with Crippen molar-refractivity contribution >= 4 is 6.29 Å². The van der Waals surface area contributed by atoms with E-state index in [-0.39, 0.29) is 5.76 Å². The molecule has 0 heterocycles. The van der Waals surface area contributed by atoms with E-state index >= 15 is 0 Å². The van der Waals surface area contributed by atoms with Gasteiger partial charge < -0.3 is 5.11 Å². The first-order valence-electron chi connectivity index (χ1n) is 4.99. The Balaban J connectivity index is 3.66. The Morgan fingerprint density at radius 3 is 2.71 bits per heavy atom. The van der Waals surface area contributed by atoms with E-state index in [1.54, 1.807) is 12.2 Å². The number of carbonyl (C=O) groups is 1. The van der Waals surface area contributed by atoms with Crippen LogP contribution >= 0.6 is 0 Å². The second-order valence-corrected chi connectivity index (χ2v) is 3.01. The van der Waals surface area contributed by atoms with Crippen LogP contribution in [-0.4, -0.2) is 11.4 Å². The number of allylic oxidation sites excluding steroid dienone is 5. The van der Waals surface area contributed by atoms with E-state index in [2.05, 4.69) is 6.92 Å². The topological polar surface area (TPSA) is 37.3 Å². The highest BCUT2D eigenvalue weighted by Crippen LogP contribution is 2.00. The van der Waals surface area contributed by atoms with E-state index in [1.807, 2.05) is 6.08 Å². The summed E-state index contributed by atoms with van der Waals surface area (Å²) in [6.07, 6.45) is 13.3. The molecule has 0 bridgehead atoms. The van der Waals surface area contributed by atoms with Crippen LogP contribution in [0.25, 0.3) is 0 Å². The van der Waals surface area contributed by atoms with E-state index in [9.17, 15) is 4.79 Å². The molecule has 0 unspecified atom stereocenters. The molecular formula is C12H18O2. The average molecular weight is 194 g/mol. The number of carbonyl (C=O) groups excluding carboxylic acids is 1. The second-order valence-electron chi connectivity index (χ2n) is 3.01. The van der Waals surface area contributed by atoms with E-state index in [0.29, 0.717) is 6.29 Å². The Morgan fingerprint density at radius 2 is 2.07 bits per heavy atom. The highest BCUT2D eigenvalue weighted by Gasteiger charge is 1.82. The molecule has 2 nitrogen and oxygen atoms in total. The summed E-state index contributed by atoms with van der Waals surface area (Å²) in [6, 6.07) is 0. The third kappa shape index (κ3) is 8.78. The van der Waals surface area contributed by atoms with Crippen LogP contribution in [0.4, 0.5) is 0 Å². The van der Waals surface area contributed by atoms with Gasteiger partial charge in [0.05, 0.1) is 0 Å². The molecule has 0 aromatic carbocycles. The predicted molar refractivity (Wildman–Crippen MR) is 59.2 cm³/mol. The average Bonchev–Trinajstić information content (AvgIpc) is 2.20. The molecule has 0 atom stereocenters. The van der Waals surface area contributed by atoms with Gasteiger partial charge in [0.1, 0.15) is 12.0 Å². The van der Waals surface area contributed by atoms with Gasteiger partial charge in [0.25, 0.3) is 0 Å². The Morgan fingerprint density at radius 1 is 1.29 bits per heavy atom. The van der Waals surface area contributed by atoms with Gasteiger partial charge >= 0.3 is 0 Å². The highest BCUT2D eigenvalue weighted by atomic mass is 16.3. The molecule has 0 fully saturated rings. The molecule has 0 spiro atoms. The normalized spacial score (nSPS) is 12.8. The van der Waals surface area contributed by atoms with Crippen LogP contribution in [0.15, 0.2) is 36.1 Å². The van der Waals surface area contributed by atoms with Crippen LogP contribution in [0.1, 0.15) is 32.6 Å². The first kappa shape index (κ1) is 12.7. The molecule has 0 saturated carbocycles. The molecule has 0 amide bonds. The first-order valence-corrected chi connectivity index (χ1v) is 4.99. The van der Waals surface area contributed by atoms with Gasteiger partial charge in [-0.25, -0.2) is 0 Å². The molecule has 1 N–H and O–H groups in total. The number of unbranched alkanes of at least 4 members (excludes halogenated alkanes) is 3. The zero-order valence-electron chi connectivity index (χ0n) is 8.65. The summed E-state index contributed by atoms with van der Waals surface area (Å²) in [7, 11) is 0. The Hall–Kier alpha value is -1.31. The number of rotatable bonds is 7. The van der Waals surface area contributed by atoms with E-state index in [4.69, 9.17) is 5.11 Å². The van der Waals surface area contributed by atoms with Crippen LogP contribution < -0.4 is 0 Å². The van der Waals surface area contributed by atoms with Crippen LogP contribution in [0, 0.1) is 0 Å². The summed E-state index contributed by atoms with van der Waals surface area (Å²) < 4.78 is 0. The summed E-state index contributed by atoms with van der Waals surface area (Å²) in [4.78, 5) is 9.91. The van der Waals surface area contributed by atoms with Crippen LogP contribution in [0.5, 0.6) is 0 Å². The number of hydrogen-bond acceptors (Lipinski definition) is 2. The van der Waals surface area contributed by atoms with Gasteiger partial charge in [-0.2, -0.15) is 0 Å². The third-order valence-electron chi connectivity index (χ3n) is 1.72. The van der Waals surface area contributed by atoms with Crippen molar-refractivity contribution < 1.29 is 9.90 Å². The summed E-state index contributed by atoms with van der Waals surface area (Å²) >= 11 is 0. The molecule has 2 heteroatoms. The van der Waals surface area contributed by atoms with Gasteiger partial charge in [0.2, 0.25) is 0 Å². The van der Waals surface area contributed by atoms with Crippen molar-refractivity contribution in [1.29, 1.82) is 0 Å². The third-order valence-corrected chi connectivity index (χ3v) is 1.72. The number of hydrogen-bond donors (Lipinski definition) is 1. The number of aldehydes is 1. The van der Waals surface area contributed by atoms with Gasteiger partial charge in [-0.05, 0) is 31.1 Å². The Labute approximate surface area is 85.6 Å². The molecule has 0 aromatic rings. The maximum atomic E-state index is 9.91. The summed E-state index contributed by atoms with van der Waals surface area (Å²) in [5.41, 5.74) is 0. The van der Waals surface area contributed by atoms with Crippen molar-refractivity contribution in [1.82, 2.24) is 0 Å². The van der Waals surface area contributed by atoms with Crippen LogP contribution in [-0.2, 0) is 4.79 Å². The lowest BCUT2D eigenvalue weighted by atomic mass is 10.2. The molecule has 0 aliphatic heterocycles. The van der Waals surface area contributed by atoms with Crippen molar-refractivity contribution in [3.63, 3.8) is 0 Å². The minimum Gasteiger partial charge on any atom is -0.508 e. The van der Waals surface area contributed by atoms with Crippen molar-refractivity contribution in [3.05, 3.63) is 36.1 Å². The van der Waals surface area contributed by atoms with Gasteiger partial charge in [0, 0.05) is 0 Å². The summed E-state index contributed by atoms with van der Waals surface area (Å²) in [5, 5.41) is 9.15. The molecule has 0 radical (unpaired) electrons. The van der Waals surface area contributed by atoms with E-state index in [0.717, 1.165) is 6.42 Å². The molecule has 0 aliphatic carbocycles. The molecule has 0 aromatic heterocycles. The van der Waals surface area contributed by atoms with Gasteiger partial charge in [-0.1, -0.05) is 31.9 Å². The van der Waals surface area contributed by atoms with Crippen molar-refractivity contribution in [2.75, 3.05) is 0 Å². The lowest BCUT2D eigenvalue weighted by Crippen LogP contribution is -1.73. The highest BCUT2D eigenvalue weighted by molar-refractivity contribution is 5.65. The number of aliphatic hydroxyl groups is 1. The molecule has 14 heavy (non-hydrogen) atoms. The van der Waals surface area contributed by atoms with Gasteiger partial charge in [0.15, 0.2) is 0 Å². The maximum Gasteiger partial charge on any atom is 0.142 e. The lowest BCUT2D eigenvalue weighted by Gasteiger charge is -1.90. The number of aliphatic hydroxyl groups excluding tert-OH is 1. The SMILES string of the molecule is CCCCCC=CC=C(O)C=CC=O. The zero-order chi connectivity index (χ0) is 10.6. The molecule has 78 valence electrons. The quantitative estimate of drug-likeness (QED) is 0.222. The van der Waals surface area contributed by atoms with Crippen LogP contribution in [0.2, 0.25) is 0 Å². The fourth-order valence-corrected chi connectivity index (χ4v) is 0.968. The molecule has 0 saturated heterocycles. The van der Waals surface area contributed by atoms with Crippen LogP contribution in [0.3, 0.4) is 0 Å². The smallest absolute Gasteiger partial charge is 0.142 e. The van der Waals surface area contributed by atoms with Gasteiger partial charge in [-0.15, -0.1) is 0 Å². The van der Waals surface area contributed by atoms with E-state index < -0.39 is 0 Å². The second kappa shape index (κ2) is 9.78. The fraction of sp³-hybridized carbons (Fsp3) is 0.417. The van der Waals surface area contributed by atoms with E-state index in [1.165, 1.54) is 31.4 Å². The summed E-state index contributed by atoms with van der Waals surface area (Å²) in [6.45, 7) is 2.17. The first-order chi connectivity index (χ1) is 6.81. The maximum absolute atomic E-state index is 9.91. The van der Waals surface area contributed by atoms with Crippen molar-refractivity contribution in [2.45, 2.75) is 32.6 Å². The largest absolute Gasteiger partial charge is 0.508 e. The minimum absolute atomic E-state index is 0.101.